The number of aromatic nitrogens is 1. The molecule has 0 bridgehead atoms. The average molecular weight is 337 g/mol. The third-order valence-electron chi connectivity index (χ3n) is 2.78. The molecule has 0 aliphatic rings. The minimum Gasteiger partial charge on any atom is -0.388 e. The first-order valence-electron chi connectivity index (χ1n) is 6.18. The highest BCUT2D eigenvalue weighted by Gasteiger charge is 2.04. The molecule has 6 heteroatoms. The molecule has 0 unspecified atom stereocenters. The van der Waals surface area contributed by atoms with Crippen LogP contribution in [0.25, 0.3) is 10.2 Å². The minimum atomic E-state index is 0.317. The fourth-order valence-electron chi connectivity index (χ4n) is 1.80. The lowest BCUT2D eigenvalue weighted by Gasteiger charge is -2.00. The first-order chi connectivity index (χ1) is 10.2. The van der Waals surface area contributed by atoms with Gasteiger partial charge in [0.1, 0.15) is 5.01 Å². The molecule has 3 aromatic rings. The number of para-hydroxylation sites is 1. The highest BCUT2D eigenvalue weighted by Crippen LogP contribution is 2.23. The van der Waals surface area contributed by atoms with Crippen molar-refractivity contribution in [3.8, 4) is 0 Å². The summed E-state index contributed by atoms with van der Waals surface area (Å²) in [5.74, 6) is 0. The first kappa shape index (κ1) is 14.3. The van der Waals surface area contributed by atoms with Crippen LogP contribution in [0.1, 0.15) is 10.6 Å². The average Bonchev–Trinajstić information content (AvgIpc) is 2.88. The van der Waals surface area contributed by atoms with Crippen LogP contribution in [-0.2, 0) is 11.4 Å². The van der Waals surface area contributed by atoms with Crippen LogP contribution in [0.4, 0.5) is 0 Å². The Labute approximate surface area is 135 Å². The molecule has 3 nitrogen and oxygen atoms in total. The number of hydrogen-bond acceptors (Lipinski definition) is 4. The van der Waals surface area contributed by atoms with Gasteiger partial charge in [-0.05, 0) is 24.3 Å². The highest BCUT2D eigenvalue weighted by molar-refractivity contribution is 7.18. The van der Waals surface area contributed by atoms with E-state index < -0.39 is 0 Å². The van der Waals surface area contributed by atoms with Gasteiger partial charge in [-0.1, -0.05) is 46.6 Å². The molecule has 0 fully saturated rings. The van der Waals surface area contributed by atoms with Gasteiger partial charge in [0.05, 0.1) is 26.5 Å². The Balaban J connectivity index is 1.67. The molecule has 0 saturated heterocycles. The van der Waals surface area contributed by atoms with Gasteiger partial charge >= 0.3 is 0 Å². The Kier molecular flexibility index (Phi) is 4.39. The normalized spacial score (nSPS) is 11.3. The maximum atomic E-state index is 6.04. The van der Waals surface area contributed by atoms with Crippen LogP contribution in [0.5, 0.6) is 0 Å². The quantitative estimate of drug-likeness (QED) is 0.487. The second kappa shape index (κ2) is 6.43. The Hall–Kier alpha value is -1.62. The van der Waals surface area contributed by atoms with Gasteiger partial charge in [0.15, 0.2) is 6.61 Å². The molecule has 3 rings (SSSR count). The van der Waals surface area contributed by atoms with Gasteiger partial charge in [0, 0.05) is 5.56 Å². The summed E-state index contributed by atoms with van der Waals surface area (Å²) in [5.41, 5.74) is 1.62. The van der Waals surface area contributed by atoms with E-state index in [2.05, 4.69) is 10.1 Å². The third kappa shape index (κ3) is 3.35. The van der Waals surface area contributed by atoms with Crippen molar-refractivity contribution in [2.24, 2.45) is 5.16 Å². The summed E-state index contributed by atoms with van der Waals surface area (Å²) >= 11 is 13.7. The molecule has 0 N–H and O–H groups in total. The van der Waals surface area contributed by atoms with E-state index in [9.17, 15) is 0 Å². The number of fused-ring (bicyclic) bond motifs is 1. The standard InChI is InChI=1S/C15H10Cl2N2OS/c16-11-4-3-5-12(17)10(11)8-18-20-9-15-19-13-6-1-2-7-14(13)21-15/h1-8H,9H2/b18-8-. The smallest absolute Gasteiger partial charge is 0.168 e. The molecule has 1 heterocycles. The van der Waals surface area contributed by atoms with Crippen LogP contribution >= 0.6 is 34.5 Å². The Morgan fingerprint density at radius 3 is 2.62 bits per heavy atom. The summed E-state index contributed by atoms with van der Waals surface area (Å²) in [6.07, 6.45) is 1.51. The molecular formula is C15H10Cl2N2OS. The molecule has 1 aromatic heterocycles. The maximum Gasteiger partial charge on any atom is 0.168 e. The number of rotatable bonds is 4. The zero-order chi connectivity index (χ0) is 14.7. The lowest BCUT2D eigenvalue weighted by Crippen LogP contribution is -1.89. The summed E-state index contributed by atoms with van der Waals surface area (Å²) in [7, 11) is 0. The Morgan fingerprint density at radius 2 is 1.86 bits per heavy atom. The third-order valence-corrected chi connectivity index (χ3v) is 4.45. The van der Waals surface area contributed by atoms with E-state index in [1.807, 2.05) is 24.3 Å². The summed E-state index contributed by atoms with van der Waals surface area (Å²) < 4.78 is 1.13. The first-order valence-corrected chi connectivity index (χ1v) is 7.75. The van der Waals surface area contributed by atoms with E-state index in [4.69, 9.17) is 28.0 Å². The molecular weight excluding hydrogens is 327 g/mol. The lowest BCUT2D eigenvalue weighted by atomic mass is 10.2. The molecule has 21 heavy (non-hydrogen) atoms. The van der Waals surface area contributed by atoms with Crippen LogP contribution in [0, 0.1) is 0 Å². The van der Waals surface area contributed by atoms with Crippen LogP contribution < -0.4 is 0 Å². The molecule has 2 aromatic carbocycles. The van der Waals surface area contributed by atoms with Gasteiger partial charge in [0.25, 0.3) is 0 Å². The molecule has 106 valence electrons. The van der Waals surface area contributed by atoms with Crippen LogP contribution in [0.15, 0.2) is 47.6 Å². The number of thiazole rings is 1. The van der Waals surface area contributed by atoms with E-state index in [0.717, 1.165) is 15.2 Å². The molecule has 0 radical (unpaired) electrons. The second-order valence-corrected chi connectivity index (χ2v) is 6.15. The van der Waals surface area contributed by atoms with Gasteiger partial charge in [-0.2, -0.15) is 0 Å². The molecule has 0 amide bonds. The minimum absolute atomic E-state index is 0.317. The largest absolute Gasteiger partial charge is 0.388 e. The predicted octanol–water partition coefficient (Wildman–Crippen LogP) is 5.15. The van der Waals surface area contributed by atoms with Crippen molar-refractivity contribution >= 4 is 51.0 Å². The highest BCUT2D eigenvalue weighted by atomic mass is 35.5. The summed E-state index contributed by atoms with van der Waals surface area (Å²) in [6, 6.07) is 13.2. The maximum absolute atomic E-state index is 6.04. The monoisotopic (exact) mass is 336 g/mol. The summed E-state index contributed by atoms with van der Waals surface area (Å²) in [6.45, 7) is 0.317. The molecule has 0 aliphatic heterocycles. The van der Waals surface area contributed by atoms with Crippen LogP contribution in [-0.4, -0.2) is 11.2 Å². The number of benzene rings is 2. The molecule has 0 aliphatic carbocycles. The van der Waals surface area contributed by atoms with E-state index >= 15 is 0 Å². The summed E-state index contributed by atoms with van der Waals surface area (Å²) in [5, 5.41) is 5.85. The van der Waals surface area contributed by atoms with Gasteiger partial charge in [-0.15, -0.1) is 11.3 Å². The zero-order valence-corrected chi connectivity index (χ0v) is 13.1. The van der Waals surface area contributed by atoms with Crippen molar-refractivity contribution in [1.82, 2.24) is 4.98 Å². The topological polar surface area (TPSA) is 34.5 Å². The molecule has 0 saturated carbocycles. The van der Waals surface area contributed by atoms with E-state index in [1.165, 1.54) is 6.21 Å². The van der Waals surface area contributed by atoms with Crippen molar-refractivity contribution < 1.29 is 4.84 Å². The number of oxime groups is 1. The molecule has 0 atom stereocenters. The van der Waals surface area contributed by atoms with Crippen molar-refractivity contribution in [2.75, 3.05) is 0 Å². The van der Waals surface area contributed by atoms with Gasteiger partial charge in [-0.3, -0.25) is 0 Å². The van der Waals surface area contributed by atoms with Crippen LogP contribution in [0.2, 0.25) is 10.0 Å². The van der Waals surface area contributed by atoms with Crippen molar-refractivity contribution in [3.05, 3.63) is 63.1 Å². The Morgan fingerprint density at radius 1 is 1.10 bits per heavy atom. The van der Waals surface area contributed by atoms with Gasteiger partial charge in [-0.25, -0.2) is 4.98 Å². The fraction of sp³-hybridized carbons (Fsp3) is 0.0667. The number of hydrogen-bond donors (Lipinski definition) is 0. The SMILES string of the molecule is Clc1cccc(Cl)c1/C=N\OCc1nc2ccccc2s1. The van der Waals surface area contributed by atoms with Crippen molar-refractivity contribution in [1.29, 1.82) is 0 Å². The number of halogens is 2. The van der Waals surface area contributed by atoms with Crippen molar-refractivity contribution in [2.45, 2.75) is 6.61 Å². The Bertz CT molecular complexity index is 748. The van der Waals surface area contributed by atoms with Crippen LogP contribution in [0.3, 0.4) is 0 Å². The van der Waals surface area contributed by atoms with E-state index in [-0.39, 0.29) is 0 Å². The fourth-order valence-corrected chi connectivity index (χ4v) is 3.17. The zero-order valence-electron chi connectivity index (χ0n) is 10.8. The lowest BCUT2D eigenvalue weighted by molar-refractivity contribution is 0.132. The molecule has 0 spiro atoms. The summed E-state index contributed by atoms with van der Waals surface area (Å²) in [4.78, 5) is 9.72. The predicted molar refractivity (Wildman–Crippen MR) is 88.5 cm³/mol. The van der Waals surface area contributed by atoms with E-state index in [0.29, 0.717) is 22.2 Å². The second-order valence-electron chi connectivity index (χ2n) is 4.22. The van der Waals surface area contributed by atoms with Gasteiger partial charge < -0.3 is 4.84 Å². The van der Waals surface area contributed by atoms with Gasteiger partial charge in [0.2, 0.25) is 0 Å². The van der Waals surface area contributed by atoms with Crippen molar-refractivity contribution in [3.63, 3.8) is 0 Å². The number of nitrogens with zero attached hydrogens (tertiary/aromatic N) is 2. The van der Waals surface area contributed by atoms with E-state index in [1.54, 1.807) is 29.5 Å².